The molecular formula is C14H20ClN3O2. The third kappa shape index (κ3) is 3.42. The maximum atomic E-state index is 5.32. The van der Waals surface area contributed by atoms with Crippen molar-refractivity contribution in [1.82, 2.24) is 15.4 Å². The lowest BCUT2D eigenvalue weighted by Gasteiger charge is -2.35. The summed E-state index contributed by atoms with van der Waals surface area (Å²) in [6.07, 6.45) is 1.64. The summed E-state index contributed by atoms with van der Waals surface area (Å²) in [4.78, 5) is 2.40. The number of piperazine rings is 1. The second-order valence-corrected chi connectivity index (χ2v) is 5.32. The van der Waals surface area contributed by atoms with Crippen LogP contribution in [-0.4, -0.2) is 35.2 Å². The normalized spacial score (nSPS) is 23.5. The molecule has 0 radical (unpaired) electrons. The van der Waals surface area contributed by atoms with Crippen LogP contribution in [-0.2, 0) is 6.54 Å². The van der Waals surface area contributed by atoms with Gasteiger partial charge in [-0.25, -0.2) is 0 Å². The maximum Gasteiger partial charge on any atom is 0.202 e. The monoisotopic (exact) mass is 297 g/mol. The van der Waals surface area contributed by atoms with Gasteiger partial charge in [0.05, 0.1) is 12.0 Å². The van der Waals surface area contributed by atoms with Gasteiger partial charge in [0.25, 0.3) is 0 Å². The van der Waals surface area contributed by atoms with E-state index in [1.165, 1.54) is 0 Å². The minimum absolute atomic E-state index is 0. The highest BCUT2D eigenvalue weighted by Gasteiger charge is 2.22. The lowest BCUT2D eigenvalue weighted by Crippen LogP contribution is -2.53. The number of furan rings is 1. The van der Waals surface area contributed by atoms with Crippen molar-refractivity contribution in [2.24, 2.45) is 0 Å². The van der Waals surface area contributed by atoms with E-state index < -0.39 is 0 Å². The molecule has 1 fully saturated rings. The molecule has 0 amide bonds. The van der Waals surface area contributed by atoms with Crippen LogP contribution >= 0.6 is 12.4 Å². The molecule has 3 heterocycles. The number of aromatic nitrogens is 1. The Hall–Kier alpha value is -1.30. The van der Waals surface area contributed by atoms with Crippen molar-refractivity contribution in [2.75, 3.05) is 13.1 Å². The fourth-order valence-corrected chi connectivity index (χ4v) is 2.72. The van der Waals surface area contributed by atoms with E-state index in [1.54, 1.807) is 6.26 Å². The van der Waals surface area contributed by atoms with Crippen molar-refractivity contribution in [3.8, 4) is 11.5 Å². The first-order valence-electron chi connectivity index (χ1n) is 6.68. The zero-order valence-corrected chi connectivity index (χ0v) is 12.5. The molecule has 2 atom stereocenters. The van der Waals surface area contributed by atoms with Gasteiger partial charge in [-0.3, -0.25) is 4.90 Å². The molecule has 1 aliphatic heterocycles. The van der Waals surface area contributed by atoms with E-state index in [4.69, 9.17) is 8.94 Å². The molecule has 110 valence electrons. The summed E-state index contributed by atoms with van der Waals surface area (Å²) in [6.45, 7) is 7.31. The molecule has 0 spiro atoms. The van der Waals surface area contributed by atoms with Crippen LogP contribution in [0.5, 0.6) is 0 Å². The van der Waals surface area contributed by atoms with E-state index in [0.717, 1.165) is 31.1 Å². The highest BCUT2D eigenvalue weighted by atomic mass is 35.5. The summed E-state index contributed by atoms with van der Waals surface area (Å²) in [5, 5.41) is 7.64. The highest BCUT2D eigenvalue weighted by molar-refractivity contribution is 5.85. The zero-order valence-electron chi connectivity index (χ0n) is 11.7. The number of rotatable bonds is 3. The lowest BCUT2D eigenvalue weighted by molar-refractivity contribution is 0.163. The second-order valence-electron chi connectivity index (χ2n) is 5.32. The van der Waals surface area contributed by atoms with E-state index in [9.17, 15) is 0 Å². The Kier molecular flexibility index (Phi) is 4.86. The molecule has 3 rings (SSSR count). The molecule has 20 heavy (non-hydrogen) atoms. The van der Waals surface area contributed by atoms with Gasteiger partial charge >= 0.3 is 0 Å². The maximum absolute atomic E-state index is 5.32. The van der Waals surface area contributed by atoms with Gasteiger partial charge in [0.1, 0.15) is 0 Å². The minimum atomic E-state index is 0. The number of hydrogen-bond donors (Lipinski definition) is 1. The molecular weight excluding hydrogens is 278 g/mol. The van der Waals surface area contributed by atoms with E-state index in [-0.39, 0.29) is 12.4 Å². The van der Waals surface area contributed by atoms with Crippen LogP contribution in [0.25, 0.3) is 11.5 Å². The van der Waals surface area contributed by atoms with E-state index in [0.29, 0.717) is 17.8 Å². The average molecular weight is 298 g/mol. The molecule has 2 aromatic heterocycles. The Labute approximate surface area is 124 Å². The summed E-state index contributed by atoms with van der Waals surface area (Å²) >= 11 is 0. The van der Waals surface area contributed by atoms with Gasteiger partial charge in [-0.05, 0) is 26.0 Å². The van der Waals surface area contributed by atoms with Gasteiger partial charge in [0.15, 0.2) is 5.76 Å². The molecule has 0 aliphatic carbocycles. The summed E-state index contributed by atoms with van der Waals surface area (Å²) in [6, 6.07) is 6.70. The first kappa shape index (κ1) is 15.1. The molecule has 2 unspecified atom stereocenters. The first-order chi connectivity index (χ1) is 9.20. The minimum Gasteiger partial charge on any atom is -0.461 e. The molecule has 5 nitrogen and oxygen atoms in total. The van der Waals surface area contributed by atoms with Crippen LogP contribution in [0.1, 0.15) is 19.5 Å². The van der Waals surface area contributed by atoms with Crippen molar-refractivity contribution in [2.45, 2.75) is 32.5 Å². The summed E-state index contributed by atoms with van der Waals surface area (Å²) in [5.41, 5.74) is 0.952. The van der Waals surface area contributed by atoms with Crippen LogP contribution in [0, 0.1) is 0 Å². The van der Waals surface area contributed by atoms with Crippen LogP contribution in [0.3, 0.4) is 0 Å². The van der Waals surface area contributed by atoms with Gasteiger partial charge < -0.3 is 14.3 Å². The van der Waals surface area contributed by atoms with Crippen LogP contribution in [0.2, 0.25) is 0 Å². The molecule has 1 N–H and O–H groups in total. The molecule has 0 bridgehead atoms. The van der Waals surface area contributed by atoms with Crippen molar-refractivity contribution < 1.29 is 8.94 Å². The first-order valence-corrected chi connectivity index (χ1v) is 6.68. The standard InChI is InChI=1S/C14H19N3O2.ClH/c1-10-7-17(8-11(2)15-10)9-12-6-14(19-16-12)13-4-3-5-18-13;/h3-6,10-11,15H,7-9H2,1-2H3;1H. The largest absolute Gasteiger partial charge is 0.461 e. The fourth-order valence-electron chi connectivity index (χ4n) is 2.72. The molecule has 1 saturated heterocycles. The Morgan fingerprint density at radius 1 is 1.30 bits per heavy atom. The van der Waals surface area contributed by atoms with E-state index >= 15 is 0 Å². The number of hydrogen-bond acceptors (Lipinski definition) is 5. The quantitative estimate of drug-likeness (QED) is 0.943. The molecule has 0 saturated carbocycles. The Balaban J connectivity index is 0.00000147. The third-order valence-electron chi connectivity index (χ3n) is 3.34. The van der Waals surface area contributed by atoms with Crippen molar-refractivity contribution in [3.63, 3.8) is 0 Å². The average Bonchev–Trinajstić information content (AvgIpc) is 2.96. The predicted octanol–water partition coefficient (Wildman–Crippen LogP) is 2.54. The zero-order chi connectivity index (χ0) is 13.2. The van der Waals surface area contributed by atoms with Gasteiger partial charge in [-0.2, -0.15) is 0 Å². The van der Waals surface area contributed by atoms with Gasteiger partial charge in [-0.15, -0.1) is 12.4 Å². The number of nitrogens with zero attached hydrogens (tertiary/aromatic N) is 2. The number of halogens is 1. The van der Waals surface area contributed by atoms with Gasteiger partial charge in [-0.1, -0.05) is 5.16 Å². The second kappa shape index (κ2) is 6.43. The van der Waals surface area contributed by atoms with Crippen molar-refractivity contribution >= 4 is 12.4 Å². The van der Waals surface area contributed by atoms with Crippen molar-refractivity contribution in [3.05, 3.63) is 30.2 Å². The predicted molar refractivity (Wildman–Crippen MR) is 78.8 cm³/mol. The van der Waals surface area contributed by atoms with Crippen molar-refractivity contribution in [1.29, 1.82) is 0 Å². The smallest absolute Gasteiger partial charge is 0.202 e. The van der Waals surface area contributed by atoms with Crippen LogP contribution < -0.4 is 5.32 Å². The molecule has 2 aromatic rings. The topological polar surface area (TPSA) is 54.4 Å². The van der Waals surface area contributed by atoms with Gasteiger partial charge in [0.2, 0.25) is 5.76 Å². The third-order valence-corrected chi connectivity index (χ3v) is 3.34. The van der Waals surface area contributed by atoms with Crippen LogP contribution in [0.15, 0.2) is 33.4 Å². The molecule has 0 aromatic carbocycles. The Bertz CT molecular complexity index is 516. The van der Waals surface area contributed by atoms with Crippen LogP contribution in [0.4, 0.5) is 0 Å². The summed E-state index contributed by atoms with van der Waals surface area (Å²) in [7, 11) is 0. The SMILES string of the molecule is CC1CN(Cc2cc(-c3ccco3)on2)CC(C)N1.Cl. The van der Waals surface area contributed by atoms with E-state index in [1.807, 2.05) is 18.2 Å². The fraction of sp³-hybridized carbons (Fsp3) is 0.500. The molecule has 6 heteroatoms. The highest BCUT2D eigenvalue weighted by Crippen LogP contribution is 2.21. The lowest BCUT2D eigenvalue weighted by atomic mass is 10.1. The van der Waals surface area contributed by atoms with E-state index in [2.05, 4.69) is 29.2 Å². The number of nitrogens with one attached hydrogen (secondary N) is 1. The summed E-state index contributed by atoms with van der Waals surface area (Å²) in [5.74, 6) is 1.41. The Morgan fingerprint density at radius 2 is 2.05 bits per heavy atom. The Morgan fingerprint density at radius 3 is 2.70 bits per heavy atom. The summed E-state index contributed by atoms with van der Waals surface area (Å²) < 4.78 is 10.6. The van der Waals surface area contributed by atoms with Gasteiger partial charge in [0, 0.05) is 37.8 Å². The molecule has 1 aliphatic rings.